The van der Waals surface area contributed by atoms with Crippen molar-refractivity contribution in [3.63, 3.8) is 0 Å². The first-order valence-corrected chi connectivity index (χ1v) is 11.8. The molecule has 0 bridgehead atoms. The zero-order valence-corrected chi connectivity index (χ0v) is 18.4. The summed E-state index contributed by atoms with van der Waals surface area (Å²) in [6.45, 7) is 2.74. The first-order chi connectivity index (χ1) is 15.3. The third-order valence-corrected chi connectivity index (χ3v) is 6.81. The van der Waals surface area contributed by atoms with Crippen LogP contribution < -0.4 is 10.0 Å². The molecule has 0 radical (unpaired) electrons. The van der Waals surface area contributed by atoms with E-state index in [4.69, 9.17) is 0 Å². The number of carbonyl (C=O) groups excluding carboxylic acids is 1. The van der Waals surface area contributed by atoms with E-state index in [1.807, 2.05) is 30.3 Å². The Labute approximate surface area is 187 Å². The van der Waals surface area contributed by atoms with Crippen molar-refractivity contribution in [3.05, 3.63) is 89.7 Å². The van der Waals surface area contributed by atoms with Gasteiger partial charge in [0.25, 0.3) is 15.9 Å². The summed E-state index contributed by atoms with van der Waals surface area (Å²) in [7, 11) is -3.98. The highest BCUT2D eigenvalue weighted by Gasteiger charge is 2.27. The molecule has 6 nitrogen and oxygen atoms in total. The van der Waals surface area contributed by atoms with E-state index in [9.17, 15) is 17.6 Å². The maximum Gasteiger partial charge on any atom is 0.261 e. The largest absolute Gasteiger partial charge is 0.380 e. The van der Waals surface area contributed by atoms with Crippen molar-refractivity contribution in [3.8, 4) is 0 Å². The number of aryl methyl sites for hydroxylation is 1. The van der Waals surface area contributed by atoms with Gasteiger partial charge in [-0.3, -0.25) is 9.52 Å². The minimum atomic E-state index is -3.98. The summed E-state index contributed by atoms with van der Waals surface area (Å²) in [5, 5.41) is 3.43. The number of benzene rings is 3. The fraction of sp³-hybridized carbons (Fsp3) is 0.208. The Hall–Kier alpha value is -3.39. The van der Waals surface area contributed by atoms with Crippen molar-refractivity contribution in [2.24, 2.45) is 0 Å². The number of halogens is 1. The molecule has 1 amide bonds. The summed E-state index contributed by atoms with van der Waals surface area (Å²) in [5.74, 6) is -0.755. The summed E-state index contributed by atoms with van der Waals surface area (Å²) < 4.78 is 41.5. The average molecular weight is 454 g/mol. The molecule has 3 aromatic rings. The predicted octanol–water partition coefficient (Wildman–Crippen LogP) is 4.26. The van der Waals surface area contributed by atoms with Gasteiger partial charge in [0.1, 0.15) is 5.82 Å². The van der Waals surface area contributed by atoms with Gasteiger partial charge in [-0.2, -0.15) is 0 Å². The second kappa shape index (κ2) is 9.00. The topological polar surface area (TPSA) is 78.5 Å². The van der Waals surface area contributed by atoms with Crippen LogP contribution >= 0.6 is 0 Å². The Morgan fingerprint density at radius 1 is 1.00 bits per heavy atom. The minimum absolute atomic E-state index is 0.152. The van der Waals surface area contributed by atoms with Crippen molar-refractivity contribution in [1.82, 2.24) is 4.90 Å². The monoisotopic (exact) mass is 453 g/mol. The quantitative estimate of drug-likeness (QED) is 0.585. The summed E-state index contributed by atoms with van der Waals surface area (Å²) in [6, 6.07) is 20.1. The number of nitrogens with one attached hydrogen (secondary N) is 2. The van der Waals surface area contributed by atoms with Gasteiger partial charge in [0.2, 0.25) is 0 Å². The Bertz CT molecular complexity index is 1230. The number of carbonyl (C=O) groups is 1. The van der Waals surface area contributed by atoms with Gasteiger partial charge >= 0.3 is 0 Å². The van der Waals surface area contributed by atoms with Gasteiger partial charge in [-0.05, 0) is 61.4 Å². The number of hydrogen-bond donors (Lipinski definition) is 2. The number of rotatable bonds is 6. The number of hydrogen-bond acceptors (Lipinski definition) is 4. The lowest BCUT2D eigenvalue weighted by Gasteiger charge is -2.18. The average Bonchev–Trinajstić information content (AvgIpc) is 3.24. The van der Waals surface area contributed by atoms with E-state index in [-0.39, 0.29) is 22.5 Å². The van der Waals surface area contributed by atoms with Gasteiger partial charge in [-0.25, -0.2) is 12.8 Å². The highest BCUT2D eigenvalue weighted by atomic mass is 32.2. The molecule has 1 fully saturated rings. The highest BCUT2D eigenvalue weighted by molar-refractivity contribution is 7.92. The number of nitrogens with zero attached hydrogens (tertiary/aromatic N) is 1. The molecule has 166 valence electrons. The van der Waals surface area contributed by atoms with Crippen molar-refractivity contribution in [2.45, 2.75) is 24.3 Å². The third kappa shape index (κ3) is 4.91. The molecule has 2 N–H and O–H groups in total. The van der Waals surface area contributed by atoms with E-state index >= 15 is 0 Å². The van der Waals surface area contributed by atoms with Crippen LogP contribution in [0, 0.1) is 12.7 Å². The fourth-order valence-corrected chi connectivity index (χ4v) is 4.75. The molecule has 32 heavy (non-hydrogen) atoms. The van der Waals surface area contributed by atoms with Gasteiger partial charge in [0, 0.05) is 36.1 Å². The van der Waals surface area contributed by atoms with Crippen molar-refractivity contribution in [2.75, 3.05) is 23.1 Å². The molecule has 0 aromatic heterocycles. The number of para-hydroxylation sites is 1. The molecule has 0 aliphatic carbocycles. The molecule has 1 heterocycles. The van der Waals surface area contributed by atoms with E-state index in [0.717, 1.165) is 18.2 Å². The summed E-state index contributed by atoms with van der Waals surface area (Å²) >= 11 is 0. The minimum Gasteiger partial charge on any atom is -0.380 e. The van der Waals surface area contributed by atoms with Crippen LogP contribution in [-0.2, 0) is 10.0 Å². The van der Waals surface area contributed by atoms with Crippen LogP contribution in [-0.4, -0.2) is 38.4 Å². The lowest BCUT2D eigenvalue weighted by atomic mass is 10.2. The lowest BCUT2D eigenvalue weighted by Crippen LogP contribution is -2.31. The number of anilines is 2. The first-order valence-electron chi connectivity index (χ1n) is 10.3. The number of likely N-dealkylation sites (tertiary alicyclic amines) is 1. The molecule has 1 atom stereocenters. The zero-order valence-electron chi connectivity index (χ0n) is 17.6. The van der Waals surface area contributed by atoms with Crippen LogP contribution in [0.15, 0.2) is 77.7 Å². The Kier molecular flexibility index (Phi) is 6.14. The summed E-state index contributed by atoms with van der Waals surface area (Å²) in [4.78, 5) is 14.6. The van der Waals surface area contributed by atoms with Crippen LogP contribution in [0.1, 0.15) is 22.3 Å². The van der Waals surface area contributed by atoms with Gasteiger partial charge in [0.05, 0.1) is 4.90 Å². The van der Waals surface area contributed by atoms with Crippen LogP contribution in [0.5, 0.6) is 0 Å². The normalized spacial score (nSPS) is 16.1. The molecular weight excluding hydrogens is 429 g/mol. The lowest BCUT2D eigenvalue weighted by molar-refractivity contribution is 0.0791. The van der Waals surface area contributed by atoms with E-state index in [0.29, 0.717) is 24.2 Å². The molecule has 1 unspecified atom stereocenters. The van der Waals surface area contributed by atoms with Gasteiger partial charge in [-0.15, -0.1) is 0 Å². The molecule has 0 saturated carbocycles. The Balaban J connectivity index is 1.44. The number of sulfonamides is 1. The van der Waals surface area contributed by atoms with Crippen LogP contribution in [0.2, 0.25) is 0 Å². The van der Waals surface area contributed by atoms with Gasteiger partial charge in [0.15, 0.2) is 0 Å². The van der Waals surface area contributed by atoms with Gasteiger partial charge < -0.3 is 10.2 Å². The van der Waals surface area contributed by atoms with E-state index in [2.05, 4.69) is 10.0 Å². The van der Waals surface area contributed by atoms with Crippen LogP contribution in [0.25, 0.3) is 0 Å². The predicted molar refractivity (Wildman–Crippen MR) is 123 cm³/mol. The zero-order chi connectivity index (χ0) is 22.7. The Morgan fingerprint density at radius 3 is 2.50 bits per heavy atom. The van der Waals surface area contributed by atoms with Crippen LogP contribution in [0.3, 0.4) is 0 Å². The molecule has 1 aliphatic heterocycles. The number of amides is 1. The maximum absolute atomic E-state index is 13.8. The first kappa shape index (κ1) is 21.8. The summed E-state index contributed by atoms with van der Waals surface area (Å²) in [5.41, 5.74) is 2.01. The van der Waals surface area contributed by atoms with Gasteiger partial charge in [-0.1, -0.05) is 30.3 Å². The standard InChI is InChI=1S/C24H24FN3O3S/c1-17-10-11-22(15-23(17)25)32(30,31)27-20-9-5-6-18(14-20)24(29)28-13-12-21(16-28)26-19-7-3-2-4-8-19/h2-11,14-15,21,26-27H,12-13,16H2,1H3. The molecule has 1 aliphatic rings. The third-order valence-electron chi connectivity index (χ3n) is 5.44. The molecule has 8 heteroatoms. The van der Waals surface area contributed by atoms with Crippen LogP contribution in [0.4, 0.5) is 15.8 Å². The molecule has 0 spiro atoms. The van der Waals surface area contributed by atoms with Crippen molar-refractivity contribution in [1.29, 1.82) is 0 Å². The molecule has 1 saturated heterocycles. The Morgan fingerprint density at radius 2 is 1.75 bits per heavy atom. The molecule has 3 aromatic carbocycles. The molecular formula is C24H24FN3O3S. The van der Waals surface area contributed by atoms with E-state index in [1.54, 1.807) is 30.0 Å². The van der Waals surface area contributed by atoms with E-state index in [1.165, 1.54) is 18.2 Å². The molecule has 4 rings (SSSR count). The summed E-state index contributed by atoms with van der Waals surface area (Å²) in [6.07, 6.45) is 0.825. The maximum atomic E-state index is 13.8. The van der Waals surface area contributed by atoms with Crippen molar-refractivity contribution >= 4 is 27.3 Å². The van der Waals surface area contributed by atoms with Crippen molar-refractivity contribution < 1.29 is 17.6 Å². The van der Waals surface area contributed by atoms with E-state index < -0.39 is 15.8 Å². The second-order valence-corrected chi connectivity index (χ2v) is 9.53. The second-order valence-electron chi connectivity index (χ2n) is 7.84. The fourth-order valence-electron chi connectivity index (χ4n) is 3.69. The smallest absolute Gasteiger partial charge is 0.261 e. The SMILES string of the molecule is Cc1ccc(S(=O)(=O)Nc2cccc(C(=O)N3CCC(Nc4ccccc4)C3)c2)cc1F. The highest BCUT2D eigenvalue weighted by Crippen LogP contribution is 2.22.